The van der Waals surface area contributed by atoms with Gasteiger partial charge in [0.05, 0.1) is 23.9 Å². The number of nitrogens with one attached hydrogen (secondary N) is 1. The average molecular weight is 344 g/mol. The van der Waals surface area contributed by atoms with E-state index in [9.17, 15) is 9.59 Å². The van der Waals surface area contributed by atoms with Gasteiger partial charge in [-0.1, -0.05) is 13.3 Å². The molecule has 6 heteroatoms. The number of benzene rings is 1. The maximum atomic E-state index is 12.3. The van der Waals surface area contributed by atoms with Gasteiger partial charge in [0.15, 0.2) is 6.61 Å². The standard InChI is InChI=1S/C19H24N2O4/c1-5-6-12(2)20-18(22)11-25-19(23)16-9-14-7-8-15(24-4)10-17(14)21-13(16)3/h7-10,12H,5-6,11H2,1-4H3,(H,20,22). The third-order valence-electron chi connectivity index (χ3n) is 3.90. The van der Waals surface area contributed by atoms with Crippen LogP contribution in [0.1, 0.15) is 42.7 Å². The first-order valence-electron chi connectivity index (χ1n) is 8.36. The monoisotopic (exact) mass is 344 g/mol. The molecule has 0 saturated heterocycles. The molecule has 0 saturated carbocycles. The second kappa shape index (κ2) is 8.46. The van der Waals surface area contributed by atoms with Crippen LogP contribution in [-0.2, 0) is 9.53 Å². The first-order chi connectivity index (χ1) is 11.9. The fourth-order valence-electron chi connectivity index (χ4n) is 2.61. The van der Waals surface area contributed by atoms with E-state index in [1.165, 1.54) is 0 Å². The van der Waals surface area contributed by atoms with E-state index in [0.29, 0.717) is 17.0 Å². The van der Waals surface area contributed by atoms with Crippen LogP contribution in [0.4, 0.5) is 0 Å². The molecule has 1 unspecified atom stereocenters. The number of ether oxygens (including phenoxy) is 2. The van der Waals surface area contributed by atoms with Crippen LogP contribution in [0.5, 0.6) is 5.75 Å². The van der Waals surface area contributed by atoms with Crippen LogP contribution >= 0.6 is 0 Å². The number of aryl methyl sites for hydroxylation is 1. The minimum Gasteiger partial charge on any atom is -0.497 e. The Kier molecular flexibility index (Phi) is 6.33. The van der Waals surface area contributed by atoms with E-state index in [0.717, 1.165) is 23.7 Å². The van der Waals surface area contributed by atoms with E-state index >= 15 is 0 Å². The van der Waals surface area contributed by atoms with Crippen LogP contribution in [0.15, 0.2) is 24.3 Å². The Bertz CT molecular complexity index is 773. The highest BCUT2D eigenvalue weighted by Crippen LogP contribution is 2.22. The van der Waals surface area contributed by atoms with Crippen molar-refractivity contribution in [3.05, 3.63) is 35.5 Å². The zero-order chi connectivity index (χ0) is 18.4. The molecule has 6 nitrogen and oxygen atoms in total. The molecule has 0 spiro atoms. The molecule has 0 aliphatic heterocycles. The number of nitrogens with zero attached hydrogens (tertiary/aromatic N) is 1. The maximum Gasteiger partial charge on any atom is 0.340 e. The molecule has 0 aliphatic carbocycles. The van der Waals surface area contributed by atoms with Gasteiger partial charge in [-0.25, -0.2) is 4.79 Å². The van der Waals surface area contributed by atoms with Crippen molar-refractivity contribution in [2.75, 3.05) is 13.7 Å². The molecule has 1 heterocycles. The van der Waals surface area contributed by atoms with Crippen molar-refractivity contribution in [3.8, 4) is 5.75 Å². The zero-order valence-corrected chi connectivity index (χ0v) is 15.1. The van der Waals surface area contributed by atoms with Crippen molar-refractivity contribution in [1.29, 1.82) is 0 Å². The number of carbonyl (C=O) groups is 2. The van der Waals surface area contributed by atoms with Gasteiger partial charge in [0, 0.05) is 17.5 Å². The Labute approximate surface area is 147 Å². The Morgan fingerprint density at radius 2 is 2.04 bits per heavy atom. The highest BCUT2D eigenvalue weighted by Gasteiger charge is 2.16. The number of amides is 1. The van der Waals surface area contributed by atoms with Gasteiger partial charge in [0.2, 0.25) is 0 Å². The molecule has 1 atom stereocenters. The van der Waals surface area contributed by atoms with E-state index in [4.69, 9.17) is 9.47 Å². The fraction of sp³-hybridized carbons (Fsp3) is 0.421. The van der Waals surface area contributed by atoms with E-state index in [1.54, 1.807) is 32.2 Å². The van der Waals surface area contributed by atoms with Gasteiger partial charge in [0.1, 0.15) is 5.75 Å². The molecule has 134 valence electrons. The molecular formula is C19H24N2O4. The Balaban J connectivity index is 2.06. The number of esters is 1. The minimum atomic E-state index is -0.555. The number of pyridine rings is 1. The smallest absolute Gasteiger partial charge is 0.340 e. The molecule has 1 aromatic heterocycles. The van der Waals surface area contributed by atoms with Gasteiger partial charge in [-0.3, -0.25) is 9.78 Å². The molecular weight excluding hydrogens is 320 g/mol. The summed E-state index contributed by atoms with van der Waals surface area (Å²) in [5, 5.41) is 3.60. The summed E-state index contributed by atoms with van der Waals surface area (Å²) < 4.78 is 10.3. The number of fused-ring (bicyclic) bond motifs is 1. The Morgan fingerprint density at radius 1 is 1.28 bits per heavy atom. The molecule has 0 bridgehead atoms. The predicted molar refractivity (Wildman–Crippen MR) is 95.8 cm³/mol. The largest absolute Gasteiger partial charge is 0.497 e. The van der Waals surface area contributed by atoms with Crippen molar-refractivity contribution in [1.82, 2.24) is 10.3 Å². The Morgan fingerprint density at radius 3 is 2.72 bits per heavy atom. The minimum absolute atomic E-state index is 0.0651. The number of hydrogen-bond acceptors (Lipinski definition) is 5. The van der Waals surface area contributed by atoms with E-state index in [2.05, 4.69) is 10.3 Å². The van der Waals surface area contributed by atoms with Crippen LogP contribution in [-0.4, -0.2) is 36.6 Å². The number of methoxy groups -OCH3 is 1. The number of hydrogen-bond donors (Lipinski definition) is 1. The highest BCUT2D eigenvalue weighted by molar-refractivity contribution is 5.96. The molecule has 2 rings (SSSR count). The molecule has 1 amide bonds. The lowest BCUT2D eigenvalue weighted by molar-refractivity contribution is -0.124. The van der Waals surface area contributed by atoms with Crippen molar-refractivity contribution >= 4 is 22.8 Å². The van der Waals surface area contributed by atoms with Gasteiger partial charge >= 0.3 is 5.97 Å². The second-order valence-corrected chi connectivity index (χ2v) is 6.01. The van der Waals surface area contributed by atoms with E-state index in [1.807, 2.05) is 19.9 Å². The maximum absolute atomic E-state index is 12.3. The first kappa shape index (κ1) is 18.7. The van der Waals surface area contributed by atoms with Crippen LogP contribution in [0.25, 0.3) is 10.9 Å². The third kappa shape index (κ3) is 4.92. The lowest BCUT2D eigenvalue weighted by atomic mass is 10.1. The zero-order valence-electron chi connectivity index (χ0n) is 15.1. The third-order valence-corrected chi connectivity index (χ3v) is 3.90. The summed E-state index contributed by atoms with van der Waals surface area (Å²) >= 11 is 0. The van der Waals surface area contributed by atoms with Crippen LogP contribution in [0, 0.1) is 6.92 Å². The molecule has 0 radical (unpaired) electrons. The van der Waals surface area contributed by atoms with Crippen molar-refractivity contribution in [2.45, 2.75) is 39.7 Å². The summed E-state index contributed by atoms with van der Waals surface area (Å²) in [5.41, 5.74) is 1.64. The summed E-state index contributed by atoms with van der Waals surface area (Å²) in [6.07, 6.45) is 1.87. The molecule has 25 heavy (non-hydrogen) atoms. The van der Waals surface area contributed by atoms with Crippen molar-refractivity contribution < 1.29 is 19.1 Å². The average Bonchev–Trinajstić information content (AvgIpc) is 2.58. The molecule has 2 aromatic rings. The van der Waals surface area contributed by atoms with Crippen LogP contribution < -0.4 is 10.1 Å². The quantitative estimate of drug-likeness (QED) is 0.781. The normalized spacial score (nSPS) is 11.8. The summed E-state index contributed by atoms with van der Waals surface area (Å²) in [6.45, 7) is 5.41. The lowest BCUT2D eigenvalue weighted by Gasteiger charge is -2.13. The van der Waals surface area contributed by atoms with E-state index in [-0.39, 0.29) is 18.6 Å². The summed E-state index contributed by atoms with van der Waals surface area (Å²) in [6, 6.07) is 7.22. The van der Waals surface area contributed by atoms with Crippen LogP contribution in [0.2, 0.25) is 0 Å². The fourth-order valence-corrected chi connectivity index (χ4v) is 2.61. The molecule has 1 aromatic carbocycles. The lowest BCUT2D eigenvalue weighted by Crippen LogP contribution is -2.35. The van der Waals surface area contributed by atoms with Gasteiger partial charge in [-0.05, 0) is 38.5 Å². The number of aromatic nitrogens is 1. The topological polar surface area (TPSA) is 77.5 Å². The van der Waals surface area contributed by atoms with Crippen molar-refractivity contribution in [3.63, 3.8) is 0 Å². The SMILES string of the molecule is CCCC(C)NC(=O)COC(=O)c1cc2ccc(OC)cc2nc1C. The second-order valence-electron chi connectivity index (χ2n) is 6.01. The highest BCUT2D eigenvalue weighted by atomic mass is 16.5. The summed E-state index contributed by atoms with van der Waals surface area (Å²) in [5.74, 6) is -0.154. The van der Waals surface area contributed by atoms with Gasteiger partial charge in [-0.2, -0.15) is 0 Å². The predicted octanol–water partition coefficient (Wildman–Crippen LogP) is 3.01. The van der Waals surface area contributed by atoms with E-state index < -0.39 is 5.97 Å². The summed E-state index contributed by atoms with van der Waals surface area (Å²) in [7, 11) is 1.59. The Hall–Kier alpha value is -2.63. The van der Waals surface area contributed by atoms with Crippen LogP contribution in [0.3, 0.4) is 0 Å². The summed E-state index contributed by atoms with van der Waals surface area (Å²) in [4.78, 5) is 28.5. The van der Waals surface area contributed by atoms with Gasteiger partial charge < -0.3 is 14.8 Å². The number of carbonyl (C=O) groups excluding carboxylic acids is 2. The van der Waals surface area contributed by atoms with Gasteiger partial charge in [-0.15, -0.1) is 0 Å². The number of rotatable bonds is 7. The molecule has 1 N–H and O–H groups in total. The molecule has 0 fully saturated rings. The first-order valence-corrected chi connectivity index (χ1v) is 8.36. The van der Waals surface area contributed by atoms with Crippen molar-refractivity contribution in [2.24, 2.45) is 0 Å². The van der Waals surface area contributed by atoms with Gasteiger partial charge in [0.25, 0.3) is 5.91 Å². The molecule has 0 aliphatic rings.